The molecule has 0 bridgehead atoms. The molecular formula is C23H30N2O4S. The maximum absolute atomic E-state index is 13.0. The van der Waals surface area contributed by atoms with Crippen molar-refractivity contribution < 1.29 is 17.9 Å². The van der Waals surface area contributed by atoms with Gasteiger partial charge in [0.1, 0.15) is 0 Å². The number of hydrogen-bond donors (Lipinski definition) is 0. The molecule has 0 radical (unpaired) electrons. The summed E-state index contributed by atoms with van der Waals surface area (Å²) in [5.41, 5.74) is 1.77. The molecule has 162 valence electrons. The van der Waals surface area contributed by atoms with Gasteiger partial charge in [-0.15, -0.1) is 0 Å². The van der Waals surface area contributed by atoms with Gasteiger partial charge in [-0.25, -0.2) is 8.42 Å². The van der Waals surface area contributed by atoms with Gasteiger partial charge in [0, 0.05) is 32.5 Å². The third-order valence-electron chi connectivity index (χ3n) is 6.41. The second-order valence-corrected chi connectivity index (χ2v) is 10.2. The highest BCUT2D eigenvalue weighted by atomic mass is 32.2. The third-order valence-corrected chi connectivity index (χ3v) is 8.33. The van der Waals surface area contributed by atoms with Crippen LogP contribution in [0.25, 0.3) is 0 Å². The van der Waals surface area contributed by atoms with Gasteiger partial charge in [0.25, 0.3) is 0 Å². The van der Waals surface area contributed by atoms with E-state index in [4.69, 9.17) is 9.47 Å². The van der Waals surface area contributed by atoms with Crippen LogP contribution < -0.4 is 0 Å². The van der Waals surface area contributed by atoms with Gasteiger partial charge in [-0.05, 0) is 62.8 Å². The largest absolute Gasteiger partial charge is 0.375 e. The second-order valence-electron chi connectivity index (χ2n) is 8.28. The van der Waals surface area contributed by atoms with Crippen molar-refractivity contribution in [3.8, 4) is 0 Å². The number of nitrogens with zero attached hydrogens (tertiary/aromatic N) is 2. The Balaban J connectivity index is 1.31. The summed E-state index contributed by atoms with van der Waals surface area (Å²) < 4.78 is 39.6. The smallest absolute Gasteiger partial charge is 0.243 e. The second kappa shape index (κ2) is 9.14. The van der Waals surface area contributed by atoms with E-state index in [1.165, 1.54) is 0 Å². The molecule has 2 saturated heterocycles. The highest BCUT2D eigenvalue weighted by Gasteiger charge is 2.47. The van der Waals surface area contributed by atoms with Crippen LogP contribution >= 0.6 is 0 Å². The van der Waals surface area contributed by atoms with Crippen molar-refractivity contribution in [1.82, 2.24) is 9.29 Å². The molecule has 1 aromatic heterocycles. The molecule has 1 atom stereocenters. The van der Waals surface area contributed by atoms with Crippen molar-refractivity contribution in [3.05, 3.63) is 59.9 Å². The zero-order valence-corrected chi connectivity index (χ0v) is 18.3. The summed E-state index contributed by atoms with van der Waals surface area (Å²) in [7, 11) is -3.45. The maximum Gasteiger partial charge on any atom is 0.243 e. The molecule has 2 aliphatic heterocycles. The van der Waals surface area contributed by atoms with Crippen molar-refractivity contribution in [1.29, 1.82) is 0 Å². The van der Waals surface area contributed by atoms with Gasteiger partial charge in [0.2, 0.25) is 10.0 Å². The molecule has 0 saturated carbocycles. The van der Waals surface area contributed by atoms with Crippen LogP contribution in [0.5, 0.6) is 0 Å². The first kappa shape index (κ1) is 21.4. The van der Waals surface area contributed by atoms with Crippen molar-refractivity contribution in [2.45, 2.75) is 49.7 Å². The van der Waals surface area contributed by atoms with E-state index >= 15 is 0 Å². The van der Waals surface area contributed by atoms with E-state index in [1.54, 1.807) is 22.6 Å². The summed E-state index contributed by atoms with van der Waals surface area (Å²) in [6.45, 7) is 4.89. The minimum Gasteiger partial charge on any atom is -0.375 e. The van der Waals surface area contributed by atoms with Gasteiger partial charge in [-0.2, -0.15) is 4.31 Å². The topological polar surface area (TPSA) is 68.7 Å². The van der Waals surface area contributed by atoms with E-state index < -0.39 is 10.0 Å². The number of benzene rings is 1. The molecule has 1 spiro atoms. The Kier molecular flexibility index (Phi) is 6.53. The normalized spacial score (nSPS) is 21.8. The van der Waals surface area contributed by atoms with Gasteiger partial charge in [0.05, 0.1) is 22.8 Å². The minimum atomic E-state index is -3.45. The number of aryl methyl sites for hydroxylation is 1. The fraction of sp³-hybridized carbons (Fsp3) is 0.522. The summed E-state index contributed by atoms with van der Waals surface area (Å²) in [4.78, 5) is 4.65. The molecule has 0 N–H and O–H groups in total. The Labute approximate surface area is 179 Å². The molecule has 2 fully saturated rings. The molecule has 1 aromatic carbocycles. The monoisotopic (exact) mass is 430 g/mol. The summed E-state index contributed by atoms with van der Waals surface area (Å²) in [5, 5.41) is 0. The fourth-order valence-corrected chi connectivity index (χ4v) is 6.04. The van der Waals surface area contributed by atoms with Crippen molar-refractivity contribution in [2.24, 2.45) is 5.92 Å². The highest BCUT2D eigenvalue weighted by Crippen LogP contribution is 2.43. The average Bonchev–Trinajstić information content (AvgIpc) is 3.14. The quantitative estimate of drug-likeness (QED) is 0.629. The lowest BCUT2D eigenvalue weighted by molar-refractivity contribution is -0.0619. The molecule has 7 heteroatoms. The van der Waals surface area contributed by atoms with E-state index in [0.717, 1.165) is 43.5 Å². The van der Waals surface area contributed by atoms with E-state index in [1.807, 2.05) is 37.3 Å². The maximum atomic E-state index is 13.0. The van der Waals surface area contributed by atoms with Gasteiger partial charge in [-0.3, -0.25) is 4.98 Å². The molecule has 0 aliphatic carbocycles. The Morgan fingerprint density at radius 3 is 2.63 bits per heavy atom. The van der Waals surface area contributed by atoms with Gasteiger partial charge in [-0.1, -0.05) is 23.8 Å². The van der Waals surface area contributed by atoms with Crippen LogP contribution in [-0.4, -0.2) is 49.6 Å². The fourth-order valence-electron chi connectivity index (χ4n) is 4.60. The zero-order valence-electron chi connectivity index (χ0n) is 17.5. The standard InChI is InChI=1S/C23H30N2O4S/c1-19-5-7-22(8-6-19)30(26,27)25-14-11-23(12-15-25)20(10-17-29-23)9-16-28-18-21-4-2-3-13-24-21/h2-8,13,20H,9-12,14-18H2,1H3/t20-/m1/s1. The molecule has 2 aliphatic rings. The first-order chi connectivity index (χ1) is 14.5. The molecule has 2 aromatic rings. The Morgan fingerprint density at radius 1 is 1.17 bits per heavy atom. The average molecular weight is 431 g/mol. The van der Waals surface area contributed by atoms with Crippen LogP contribution in [0.15, 0.2) is 53.6 Å². The predicted molar refractivity (Wildman–Crippen MR) is 114 cm³/mol. The molecule has 0 amide bonds. The van der Waals surface area contributed by atoms with Crippen molar-refractivity contribution in [3.63, 3.8) is 0 Å². The van der Waals surface area contributed by atoms with Crippen LogP contribution in [0.3, 0.4) is 0 Å². The molecular weight excluding hydrogens is 400 g/mol. The van der Waals surface area contributed by atoms with Crippen LogP contribution in [0.4, 0.5) is 0 Å². The van der Waals surface area contributed by atoms with E-state index in [-0.39, 0.29) is 5.60 Å². The van der Waals surface area contributed by atoms with Crippen LogP contribution in [0, 0.1) is 12.8 Å². The minimum absolute atomic E-state index is 0.215. The number of ether oxygens (including phenoxy) is 2. The lowest BCUT2D eigenvalue weighted by atomic mass is 9.78. The van der Waals surface area contributed by atoms with Crippen LogP contribution in [-0.2, 0) is 26.1 Å². The van der Waals surface area contributed by atoms with Crippen LogP contribution in [0.2, 0.25) is 0 Å². The van der Waals surface area contributed by atoms with Crippen molar-refractivity contribution in [2.75, 3.05) is 26.3 Å². The van der Waals surface area contributed by atoms with E-state index in [2.05, 4.69) is 4.98 Å². The van der Waals surface area contributed by atoms with E-state index in [0.29, 0.717) is 37.1 Å². The first-order valence-corrected chi connectivity index (χ1v) is 12.1. The number of pyridine rings is 1. The summed E-state index contributed by atoms with van der Waals surface area (Å²) >= 11 is 0. The number of aromatic nitrogens is 1. The summed E-state index contributed by atoms with van der Waals surface area (Å²) in [5.74, 6) is 0.408. The predicted octanol–water partition coefficient (Wildman–Crippen LogP) is 3.56. The number of sulfonamides is 1. The molecule has 6 nitrogen and oxygen atoms in total. The number of hydrogen-bond acceptors (Lipinski definition) is 5. The Morgan fingerprint density at radius 2 is 1.93 bits per heavy atom. The molecule has 0 unspecified atom stereocenters. The van der Waals surface area contributed by atoms with Gasteiger partial charge >= 0.3 is 0 Å². The molecule has 4 rings (SSSR count). The SMILES string of the molecule is Cc1ccc(S(=O)(=O)N2CCC3(CC2)OCC[C@H]3CCOCc2ccccn2)cc1. The Bertz CT molecular complexity index is 923. The Hall–Kier alpha value is -1.80. The first-order valence-electron chi connectivity index (χ1n) is 10.7. The summed E-state index contributed by atoms with van der Waals surface area (Å²) in [6.07, 6.45) is 5.19. The number of rotatable bonds is 7. The lowest BCUT2D eigenvalue weighted by Gasteiger charge is -2.41. The third kappa shape index (κ3) is 4.59. The van der Waals surface area contributed by atoms with Gasteiger partial charge in [0.15, 0.2) is 0 Å². The molecule has 3 heterocycles. The molecule has 30 heavy (non-hydrogen) atoms. The lowest BCUT2D eigenvalue weighted by Crippen LogP contribution is -2.49. The van der Waals surface area contributed by atoms with E-state index in [9.17, 15) is 8.42 Å². The summed E-state index contributed by atoms with van der Waals surface area (Å²) in [6, 6.07) is 12.9. The van der Waals surface area contributed by atoms with Gasteiger partial charge < -0.3 is 9.47 Å². The highest BCUT2D eigenvalue weighted by molar-refractivity contribution is 7.89. The van der Waals surface area contributed by atoms with Crippen LogP contribution in [0.1, 0.15) is 36.9 Å². The zero-order chi connectivity index (χ0) is 21.0. The number of piperidine rings is 1. The van der Waals surface area contributed by atoms with Crippen molar-refractivity contribution >= 4 is 10.0 Å².